The summed E-state index contributed by atoms with van der Waals surface area (Å²) in [6, 6.07) is 15.9. The Balaban J connectivity index is 1.32. The van der Waals surface area contributed by atoms with Crippen LogP contribution in [0.25, 0.3) is 0 Å². The van der Waals surface area contributed by atoms with Crippen molar-refractivity contribution >= 4 is 23.4 Å². The molecule has 1 N–H and O–H groups in total. The number of halogens is 2. The number of rotatable bonds is 6. The number of likely N-dealkylation sites (tertiary alicyclic amines) is 1. The van der Waals surface area contributed by atoms with Crippen LogP contribution in [-0.2, 0) is 11.3 Å². The van der Waals surface area contributed by atoms with Gasteiger partial charge in [0, 0.05) is 42.5 Å². The van der Waals surface area contributed by atoms with Crippen LogP contribution in [0.2, 0.25) is 5.02 Å². The minimum atomic E-state index is -0.345. The first kappa shape index (κ1) is 22.7. The summed E-state index contributed by atoms with van der Waals surface area (Å²) in [5.74, 6) is 0.0143. The Morgan fingerprint density at radius 2 is 1.88 bits per heavy atom. The number of pyridine rings is 1. The van der Waals surface area contributed by atoms with E-state index in [9.17, 15) is 14.0 Å². The molecular weight excluding hydrogens is 445 g/mol. The maximum atomic E-state index is 13.1. The normalized spacial score (nSPS) is 15.7. The van der Waals surface area contributed by atoms with E-state index in [4.69, 9.17) is 16.3 Å². The van der Waals surface area contributed by atoms with E-state index in [-0.39, 0.29) is 23.5 Å². The fourth-order valence-electron chi connectivity index (χ4n) is 3.72. The average molecular weight is 468 g/mol. The van der Waals surface area contributed by atoms with Crippen molar-refractivity contribution in [3.8, 4) is 11.6 Å². The second kappa shape index (κ2) is 10.4. The van der Waals surface area contributed by atoms with Crippen molar-refractivity contribution in [3.63, 3.8) is 0 Å². The zero-order chi connectivity index (χ0) is 23.2. The molecule has 4 rings (SSSR count). The Hall–Kier alpha value is -3.45. The molecule has 6 nitrogen and oxygen atoms in total. The molecule has 0 radical (unpaired) electrons. The van der Waals surface area contributed by atoms with Crippen molar-refractivity contribution in [3.05, 3.63) is 88.8 Å². The van der Waals surface area contributed by atoms with Crippen LogP contribution in [0, 0.1) is 11.7 Å². The van der Waals surface area contributed by atoms with E-state index in [1.165, 1.54) is 24.3 Å². The number of amides is 2. The predicted molar refractivity (Wildman–Crippen MR) is 123 cm³/mol. The van der Waals surface area contributed by atoms with Crippen molar-refractivity contribution in [2.45, 2.75) is 19.4 Å². The molecule has 1 fully saturated rings. The van der Waals surface area contributed by atoms with Gasteiger partial charge in [-0.2, -0.15) is 0 Å². The van der Waals surface area contributed by atoms with Crippen LogP contribution in [-0.4, -0.2) is 34.8 Å². The summed E-state index contributed by atoms with van der Waals surface area (Å²) in [5.41, 5.74) is 1.38. The van der Waals surface area contributed by atoms with Crippen molar-refractivity contribution in [1.82, 2.24) is 15.2 Å². The summed E-state index contributed by atoms with van der Waals surface area (Å²) >= 11 is 5.90. The predicted octanol–water partition coefficient (Wildman–Crippen LogP) is 4.84. The molecule has 1 aliphatic heterocycles. The third kappa shape index (κ3) is 6.08. The fourth-order valence-corrected chi connectivity index (χ4v) is 3.85. The Kier molecular flexibility index (Phi) is 7.19. The summed E-state index contributed by atoms with van der Waals surface area (Å²) in [6.07, 6.45) is 3.08. The molecule has 33 heavy (non-hydrogen) atoms. The Labute approximate surface area is 196 Å². The highest BCUT2D eigenvalue weighted by Gasteiger charge is 2.28. The third-order valence-corrected chi connectivity index (χ3v) is 5.72. The summed E-state index contributed by atoms with van der Waals surface area (Å²) < 4.78 is 18.7. The maximum absolute atomic E-state index is 13.1. The van der Waals surface area contributed by atoms with Gasteiger partial charge in [-0.15, -0.1) is 0 Å². The SMILES string of the molecule is O=C(NCc1ccnc(Oc2ccc(F)cc2)c1)C1CCCN(C(=O)c2ccc(Cl)cc2)C1. The van der Waals surface area contributed by atoms with Crippen molar-refractivity contribution in [2.75, 3.05) is 13.1 Å². The number of benzene rings is 2. The summed E-state index contributed by atoms with van der Waals surface area (Å²) in [6.45, 7) is 1.31. The first-order valence-corrected chi connectivity index (χ1v) is 11.1. The van der Waals surface area contributed by atoms with Gasteiger partial charge in [-0.3, -0.25) is 9.59 Å². The van der Waals surface area contributed by atoms with Gasteiger partial charge in [-0.05, 0) is 73.0 Å². The molecule has 0 saturated carbocycles. The minimum Gasteiger partial charge on any atom is -0.439 e. The zero-order valence-electron chi connectivity index (χ0n) is 17.8. The number of carbonyl (C=O) groups is 2. The first-order valence-electron chi connectivity index (χ1n) is 10.7. The number of piperidine rings is 1. The van der Waals surface area contributed by atoms with E-state index in [2.05, 4.69) is 10.3 Å². The number of hydrogen-bond donors (Lipinski definition) is 1. The van der Waals surface area contributed by atoms with Crippen LogP contribution < -0.4 is 10.1 Å². The highest BCUT2D eigenvalue weighted by molar-refractivity contribution is 6.30. The van der Waals surface area contributed by atoms with Gasteiger partial charge in [-0.1, -0.05) is 11.6 Å². The zero-order valence-corrected chi connectivity index (χ0v) is 18.6. The van der Waals surface area contributed by atoms with Crippen molar-refractivity contribution in [1.29, 1.82) is 0 Å². The first-order chi connectivity index (χ1) is 16.0. The summed E-state index contributed by atoms with van der Waals surface area (Å²) in [7, 11) is 0. The van der Waals surface area contributed by atoms with Gasteiger partial charge in [0.1, 0.15) is 11.6 Å². The molecule has 3 aromatic rings. The minimum absolute atomic E-state index is 0.0959. The monoisotopic (exact) mass is 467 g/mol. The van der Waals surface area contributed by atoms with Gasteiger partial charge in [0.2, 0.25) is 11.8 Å². The van der Waals surface area contributed by atoms with Gasteiger partial charge in [0.05, 0.1) is 5.92 Å². The second-order valence-electron chi connectivity index (χ2n) is 7.87. The maximum Gasteiger partial charge on any atom is 0.253 e. The quantitative estimate of drug-likeness (QED) is 0.563. The number of nitrogens with one attached hydrogen (secondary N) is 1. The van der Waals surface area contributed by atoms with Crippen LogP contribution in [0.15, 0.2) is 66.9 Å². The molecule has 0 bridgehead atoms. The second-order valence-corrected chi connectivity index (χ2v) is 8.31. The Morgan fingerprint density at radius 3 is 2.64 bits per heavy atom. The van der Waals surface area contributed by atoms with E-state index in [1.807, 2.05) is 0 Å². The van der Waals surface area contributed by atoms with E-state index < -0.39 is 0 Å². The van der Waals surface area contributed by atoms with Gasteiger partial charge in [0.15, 0.2) is 0 Å². The molecule has 0 aliphatic carbocycles. The number of hydrogen-bond acceptors (Lipinski definition) is 4. The lowest BCUT2D eigenvalue weighted by Crippen LogP contribution is -2.45. The van der Waals surface area contributed by atoms with Crippen molar-refractivity contribution < 1.29 is 18.7 Å². The summed E-state index contributed by atoms with van der Waals surface area (Å²) in [5, 5.41) is 3.52. The van der Waals surface area contributed by atoms with E-state index in [0.29, 0.717) is 41.8 Å². The molecule has 8 heteroatoms. The molecule has 1 aromatic heterocycles. The molecule has 2 amide bonds. The van der Waals surface area contributed by atoms with Crippen LogP contribution in [0.4, 0.5) is 4.39 Å². The van der Waals surface area contributed by atoms with Crippen LogP contribution >= 0.6 is 11.6 Å². The molecule has 0 spiro atoms. The Morgan fingerprint density at radius 1 is 1.12 bits per heavy atom. The highest BCUT2D eigenvalue weighted by Crippen LogP contribution is 2.22. The number of ether oxygens (including phenoxy) is 1. The van der Waals surface area contributed by atoms with Gasteiger partial charge in [0.25, 0.3) is 5.91 Å². The smallest absolute Gasteiger partial charge is 0.253 e. The van der Waals surface area contributed by atoms with E-state index in [1.54, 1.807) is 47.5 Å². The van der Waals surface area contributed by atoms with Gasteiger partial charge in [-0.25, -0.2) is 9.37 Å². The average Bonchev–Trinajstić information content (AvgIpc) is 2.84. The third-order valence-electron chi connectivity index (χ3n) is 5.47. The van der Waals surface area contributed by atoms with Crippen molar-refractivity contribution in [2.24, 2.45) is 5.92 Å². The van der Waals surface area contributed by atoms with Gasteiger partial charge >= 0.3 is 0 Å². The number of nitrogens with zero attached hydrogens (tertiary/aromatic N) is 2. The molecule has 1 saturated heterocycles. The van der Waals surface area contributed by atoms with Gasteiger partial charge < -0.3 is 15.0 Å². The van der Waals surface area contributed by atoms with Crippen LogP contribution in [0.5, 0.6) is 11.6 Å². The lowest BCUT2D eigenvalue weighted by Gasteiger charge is -2.32. The molecule has 1 atom stereocenters. The van der Waals surface area contributed by atoms with E-state index >= 15 is 0 Å². The molecule has 2 aromatic carbocycles. The summed E-state index contributed by atoms with van der Waals surface area (Å²) in [4.78, 5) is 31.4. The standard InChI is InChI=1S/C25H23ClFN3O3/c26-20-5-3-18(4-6-20)25(32)30-13-1-2-19(16-30)24(31)29-15-17-11-12-28-23(14-17)33-22-9-7-21(27)8-10-22/h3-12,14,19H,1-2,13,15-16H2,(H,29,31). The van der Waals surface area contributed by atoms with E-state index in [0.717, 1.165) is 18.4 Å². The Bertz CT molecular complexity index is 1120. The lowest BCUT2D eigenvalue weighted by atomic mass is 9.96. The van der Waals surface area contributed by atoms with Crippen LogP contribution in [0.3, 0.4) is 0 Å². The molecule has 1 aliphatic rings. The topological polar surface area (TPSA) is 71.5 Å². The number of carbonyl (C=O) groups excluding carboxylic acids is 2. The fraction of sp³-hybridized carbons (Fsp3) is 0.240. The molecular formula is C25H23ClFN3O3. The van der Waals surface area contributed by atoms with Crippen LogP contribution in [0.1, 0.15) is 28.8 Å². The largest absolute Gasteiger partial charge is 0.439 e. The highest BCUT2D eigenvalue weighted by atomic mass is 35.5. The molecule has 2 heterocycles. The lowest BCUT2D eigenvalue weighted by molar-refractivity contribution is -0.126. The molecule has 170 valence electrons. The molecule has 1 unspecified atom stereocenters. The number of aromatic nitrogens is 1.